The Labute approximate surface area is 238 Å². The molecule has 6 nitrogen and oxygen atoms in total. The lowest BCUT2D eigenvalue weighted by atomic mass is 9.56. The van der Waals surface area contributed by atoms with Gasteiger partial charge in [-0.25, -0.2) is 0 Å². The largest absolute Gasteiger partial charge is 0.508 e. The van der Waals surface area contributed by atoms with Gasteiger partial charge < -0.3 is 9.84 Å². The quantitative estimate of drug-likeness (QED) is 0.292. The molecular weight excluding hydrogens is 591 g/mol. The van der Waals surface area contributed by atoms with E-state index in [1.807, 2.05) is 6.08 Å². The van der Waals surface area contributed by atoms with E-state index in [0.717, 1.165) is 15.1 Å². The molecule has 2 N–H and O–H groups in total. The number of aromatic hydroxyl groups is 1. The molecule has 0 radical (unpaired) electrons. The number of phenolic OH excluding ortho intramolecular Hbond substituents is 1. The van der Waals surface area contributed by atoms with Crippen molar-refractivity contribution in [2.45, 2.75) is 17.8 Å². The zero-order chi connectivity index (χ0) is 27.2. The summed E-state index contributed by atoms with van der Waals surface area (Å²) in [5.41, 5.74) is 3.75. The summed E-state index contributed by atoms with van der Waals surface area (Å²) < 4.78 is 6.07. The van der Waals surface area contributed by atoms with Crippen molar-refractivity contribution >= 4 is 56.6 Å². The number of methoxy groups -OCH3 is 1. The van der Waals surface area contributed by atoms with Crippen LogP contribution in [0.3, 0.4) is 0 Å². The molecule has 0 saturated carbocycles. The van der Waals surface area contributed by atoms with Crippen molar-refractivity contribution in [3.8, 4) is 11.5 Å². The van der Waals surface area contributed by atoms with Crippen LogP contribution in [0.15, 0.2) is 89.4 Å². The Bertz CT molecular complexity index is 1490. The first-order valence-electron chi connectivity index (χ1n) is 11.8. The Morgan fingerprint density at radius 1 is 1.13 bits per heavy atom. The highest BCUT2D eigenvalue weighted by atomic mass is 79.9. The van der Waals surface area contributed by atoms with Gasteiger partial charge >= 0.3 is 0 Å². The van der Waals surface area contributed by atoms with Gasteiger partial charge in [-0.1, -0.05) is 70.0 Å². The van der Waals surface area contributed by atoms with E-state index in [2.05, 4.69) is 27.9 Å². The van der Waals surface area contributed by atoms with Crippen LogP contribution >= 0.6 is 39.1 Å². The molecule has 3 aromatic rings. The third-order valence-corrected chi connectivity index (χ3v) is 8.31. The molecular formula is C29H23BrCl2N2O4. The zero-order valence-electron chi connectivity index (χ0n) is 20.3. The summed E-state index contributed by atoms with van der Waals surface area (Å²) >= 11 is 15.9. The number of amides is 2. The highest BCUT2D eigenvalue weighted by Gasteiger charge is 2.66. The summed E-state index contributed by atoms with van der Waals surface area (Å²) in [6, 6.07) is 16.9. The van der Waals surface area contributed by atoms with Gasteiger partial charge in [0.15, 0.2) is 0 Å². The van der Waals surface area contributed by atoms with Crippen LogP contribution in [0.4, 0.5) is 5.69 Å². The average molecular weight is 614 g/mol. The summed E-state index contributed by atoms with van der Waals surface area (Å²) in [5.74, 6) is -1.75. The van der Waals surface area contributed by atoms with E-state index in [0.29, 0.717) is 34.0 Å². The normalized spacial score (nSPS) is 22.6. The number of imide groups is 1. The third kappa shape index (κ3) is 4.10. The minimum absolute atomic E-state index is 0.00638. The summed E-state index contributed by atoms with van der Waals surface area (Å²) in [5, 5.41) is 12.7. The summed E-state index contributed by atoms with van der Waals surface area (Å²) in [6.07, 6.45) is 3.89. The van der Waals surface area contributed by atoms with Crippen LogP contribution < -0.4 is 10.2 Å². The number of anilines is 1. The van der Waals surface area contributed by atoms with Gasteiger partial charge in [0.05, 0.1) is 29.2 Å². The number of nitrogens with zero attached hydrogens (tertiary/aromatic N) is 1. The molecule has 1 aliphatic carbocycles. The zero-order valence-corrected chi connectivity index (χ0v) is 23.3. The number of carbonyl (C=O) groups is 2. The summed E-state index contributed by atoms with van der Waals surface area (Å²) in [7, 11) is 1.56. The van der Waals surface area contributed by atoms with Gasteiger partial charge in [-0.3, -0.25) is 15.0 Å². The lowest BCUT2D eigenvalue weighted by Gasteiger charge is -2.43. The minimum atomic E-state index is -1.40. The van der Waals surface area contributed by atoms with Gasteiger partial charge in [0.1, 0.15) is 11.5 Å². The van der Waals surface area contributed by atoms with Crippen LogP contribution in [0, 0.1) is 5.92 Å². The third-order valence-electron chi connectivity index (χ3n) is 7.27. The predicted molar refractivity (Wildman–Crippen MR) is 152 cm³/mol. The Balaban J connectivity index is 1.76. The van der Waals surface area contributed by atoms with E-state index >= 15 is 0 Å². The van der Waals surface area contributed by atoms with Crippen molar-refractivity contribution < 1.29 is 19.4 Å². The molecule has 2 amide bonds. The maximum atomic E-state index is 14.6. The van der Waals surface area contributed by atoms with Crippen LogP contribution in [0.2, 0.25) is 10.0 Å². The van der Waals surface area contributed by atoms with Gasteiger partial charge in [0, 0.05) is 21.0 Å². The first-order chi connectivity index (χ1) is 18.2. The van der Waals surface area contributed by atoms with E-state index < -0.39 is 29.1 Å². The number of fused-ring (bicyclic) bond motifs is 1. The molecule has 3 atom stereocenters. The number of hydrogen-bond donors (Lipinski definition) is 2. The number of carbonyl (C=O) groups excluding carboxylic acids is 2. The molecule has 38 heavy (non-hydrogen) atoms. The molecule has 9 heteroatoms. The average Bonchev–Trinajstić information content (AvgIpc) is 3.13. The number of hydrazine groups is 1. The van der Waals surface area contributed by atoms with Crippen molar-refractivity contribution in [1.29, 1.82) is 0 Å². The number of halogens is 3. The Morgan fingerprint density at radius 3 is 2.53 bits per heavy atom. The number of hydrogen-bond acceptors (Lipinski definition) is 5. The maximum Gasteiger partial charge on any atom is 0.260 e. The van der Waals surface area contributed by atoms with Gasteiger partial charge in [0.25, 0.3) is 11.8 Å². The van der Waals surface area contributed by atoms with E-state index in [1.165, 1.54) is 6.07 Å². The number of rotatable bonds is 6. The van der Waals surface area contributed by atoms with E-state index in [-0.39, 0.29) is 10.8 Å². The highest BCUT2D eigenvalue weighted by molar-refractivity contribution is 9.10. The van der Waals surface area contributed by atoms with Crippen LogP contribution in [-0.4, -0.2) is 29.0 Å². The smallest absolute Gasteiger partial charge is 0.260 e. The lowest BCUT2D eigenvalue weighted by molar-refractivity contribution is -0.138. The lowest BCUT2D eigenvalue weighted by Crippen LogP contribution is -2.48. The fourth-order valence-corrected chi connectivity index (χ4v) is 6.41. The molecule has 0 bridgehead atoms. The Hall–Kier alpha value is -3.26. The molecule has 0 spiro atoms. The van der Waals surface area contributed by atoms with Crippen molar-refractivity contribution in [3.63, 3.8) is 0 Å². The van der Waals surface area contributed by atoms with Gasteiger partial charge in [-0.15, -0.1) is 0 Å². The fraction of sp³-hybridized carbons (Fsp3) is 0.172. The topological polar surface area (TPSA) is 78.9 Å². The second-order valence-electron chi connectivity index (χ2n) is 9.14. The van der Waals surface area contributed by atoms with Gasteiger partial charge in [-0.2, -0.15) is 5.01 Å². The van der Waals surface area contributed by atoms with Crippen molar-refractivity contribution in [2.75, 3.05) is 12.5 Å². The molecule has 0 aromatic heterocycles. The van der Waals surface area contributed by atoms with E-state index in [1.54, 1.807) is 67.8 Å². The fourth-order valence-electron chi connectivity index (χ4n) is 5.58. The van der Waals surface area contributed by atoms with Gasteiger partial charge in [0.2, 0.25) is 0 Å². The standard InChI is InChI=1S/C29H23BrCl2N2O4/c1-3-16-4-11-22-27(36)34(33-24-12-8-19(31)15-23(24)32)28(37)29(22,17-5-9-20(38-2)10-6-17)26(16)21-14-18(30)7-13-25(21)35/h3-10,12-15,22,26,33,35H,1,11H2,2H3. The summed E-state index contributed by atoms with van der Waals surface area (Å²) in [6.45, 7) is 3.99. The van der Waals surface area contributed by atoms with Crippen LogP contribution in [-0.2, 0) is 15.0 Å². The van der Waals surface area contributed by atoms with E-state index in [4.69, 9.17) is 27.9 Å². The van der Waals surface area contributed by atoms with Crippen LogP contribution in [0.1, 0.15) is 23.5 Å². The number of ether oxygens (including phenoxy) is 1. The predicted octanol–water partition coefficient (Wildman–Crippen LogP) is 7.02. The first kappa shape index (κ1) is 26.4. The minimum Gasteiger partial charge on any atom is -0.508 e. The second-order valence-corrected chi connectivity index (χ2v) is 10.9. The summed E-state index contributed by atoms with van der Waals surface area (Å²) in [4.78, 5) is 28.6. The number of nitrogens with one attached hydrogen (secondary N) is 1. The van der Waals surface area contributed by atoms with Gasteiger partial charge in [-0.05, 0) is 66.1 Å². The monoisotopic (exact) mass is 612 g/mol. The molecule has 1 saturated heterocycles. The highest BCUT2D eigenvalue weighted by Crippen LogP contribution is 2.59. The molecule has 194 valence electrons. The van der Waals surface area contributed by atoms with Crippen molar-refractivity contribution in [2.24, 2.45) is 5.92 Å². The Morgan fingerprint density at radius 2 is 1.87 bits per heavy atom. The second kappa shape index (κ2) is 10.1. The SMILES string of the molecule is C=CC1=CCC2C(=O)N(Nc3ccc(Cl)cc3Cl)C(=O)C2(c2ccc(OC)cc2)C1c1cc(Br)ccc1O. The first-order valence-corrected chi connectivity index (χ1v) is 13.3. The van der Waals surface area contributed by atoms with Crippen molar-refractivity contribution in [3.05, 3.63) is 111 Å². The molecule has 2 aliphatic rings. The number of phenols is 1. The number of benzene rings is 3. The molecule has 1 fully saturated rings. The molecule has 3 unspecified atom stereocenters. The Kier molecular flexibility index (Phi) is 7.03. The molecule has 1 aliphatic heterocycles. The van der Waals surface area contributed by atoms with Crippen LogP contribution in [0.5, 0.6) is 11.5 Å². The number of allylic oxidation sites excluding steroid dienone is 3. The molecule has 5 rings (SSSR count). The molecule has 1 heterocycles. The maximum absolute atomic E-state index is 14.6. The van der Waals surface area contributed by atoms with E-state index in [9.17, 15) is 14.7 Å². The van der Waals surface area contributed by atoms with Crippen LogP contribution in [0.25, 0.3) is 0 Å². The molecule has 3 aromatic carbocycles. The van der Waals surface area contributed by atoms with Crippen molar-refractivity contribution in [1.82, 2.24) is 5.01 Å².